The molecule has 0 amide bonds. The molecule has 0 aliphatic carbocycles. The summed E-state index contributed by atoms with van der Waals surface area (Å²) < 4.78 is 0. The van der Waals surface area contributed by atoms with E-state index in [0.717, 1.165) is 38.4 Å². The first kappa shape index (κ1) is 14.7. The van der Waals surface area contributed by atoms with Gasteiger partial charge in [0.1, 0.15) is 12.0 Å². The quantitative estimate of drug-likeness (QED) is 0.638. The minimum absolute atomic E-state index is 0.0482. The molecule has 0 bridgehead atoms. The zero-order chi connectivity index (χ0) is 14.4. The Morgan fingerprint density at radius 1 is 1.45 bits per heavy atom. The lowest BCUT2D eigenvalue weighted by Crippen LogP contribution is -2.37. The van der Waals surface area contributed by atoms with Gasteiger partial charge in [-0.05, 0) is 44.3 Å². The SMILES string of the molecule is CCCN(CC1CCNCC1)c1ccc([N+](=O)[O-])cn1. The number of hydrogen-bond donors (Lipinski definition) is 1. The second kappa shape index (κ2) is 7.19. The van der Waals surface area contributed by atoms with Gasteiger partial charge < -0.3 is 10.2 Å². The summed E-state index contributed by atoms with van der Waals surface area (Å²) in [6.07, 6.45) is 4.77. The number of aromatic nitrogens is 1. The van der Waals surface area contributed by atoms with Gasteiger partial charge in [0.25, 0.3) is 5.69 Å². The molecular formula is C14H22N4O2. The Kier molecular flexibility index (Phi) is 5.29. The fourth-order valence-corrected chi connectivity index (χ4v) is 2.62. The van der Waals surface area contributed by atoms with E-state index in [0.29, 0.717) is 5.92 Å². The summed E-state index contributed by atoms with van der Waals surface area (Å²) in [7, 11) is 0. The average Bonchev–Trinajstić information content (AvgIpc) is 2.48. The molecule has 110 valence electrons. The van der Waals surface area contributed by atoms with Crippen molar-refractivity contribution in [1.82, 2.24) is 10.3 Å². The second-order valence-corrected chi connectivity index (χ2v) is 5.27. The van der Waals surface area contributed by atoms with Gasteiger partial charge in [0, 0.05) is 19.2 Å². The molecule has 0 atom stereocenters. The largest absolute Gasteiger partial charge is 0.356 e. The van der Waals surface area contributed by atoms with Crippen LogP contribution in [0.25, 0.3) is 0 Å². The Morgan fingerprint density at radius 3 is 2.75 bits per heavy atom. The molecule has 6 heteroatoms. The number of nitrogens with zero attached hydrogens (tertiary/aromatic N) is 3. The van der Waals surface area contributed by atoms with Crippen LogP contribution in [0.15, 0.2) is 18.3 Å². The second-order valence-electron chi connectivity index (χ2n) is 5.27. The van der Waals surface area contributed by atoms with Gasteiger partial charge in [0.2, 0.25) is 0 Å². The van der Waals surface area contributed by atoms with Crippen molar-refractivity contribution in [3.63, 3.8) is 0 Å². The first-order valence-electron chi connectivity index (χ1n) is 7.26. The van der Waals surface area contributed by atoms with Crippen molar-refractivity contribution in [3.05, 3.63) is 28.4 Å². The number of nitrogens with one attached hydrogen (secondary N) is 1. The highest BCUT2D eigenvalue weighted by molar-refractivity contribution is 5.42. The maximum Gasteiger partial charge on any atom is 0.287 e. The number of piperidine rings is 1. The average molecular weight is 278 g/mol. The first-order valence-corrected chi connectivity index (χ1v) is 7.26. The van der Waals surface area contributed by atoms with Crippen LogP contribution in [0.3, 0.4) is 0 Å². The van der Waals surface area contributed by atoms with Gasteiger partial charge in [-0.25, -0.2) is 4.98 Å². The van der Waals surface area contributed by atoms with Gasteiger partial charge in [-0.2, -0.15) is 0 Å². The van der Waals surface area contributed by atoms with Gasteiger partial charge in [0.05, 0.1) is 4.92 Å². The lowest BCUT2D eigenvalue weighted by atomic mass is 9.97. The fourth-order valence-electron chi connectivity index (χ4n) is 2.62. The van der Waals surface area contributed by atoms with Gasteiger partial charge >= 0.3 is 0 Å². The summed E-state index contributed by atoms with van der Waals surface area (Å²) in [4.78, 5) is 16.8. The number of hydrogen-bond acceptors (Lipinski definition) is 5. The van der Waals surface area contributed by atoms with Gasteiger partial charge in [0.15, 0.2) is 0 Å². The van der Waals surface area contributed by atoms with E-state index in [1.54, 1.807) is 6.07 Å². The molecule has 2 heterocycles. The highest BCUT2D eigenvalue weighted by atomic mass is 16.6. The van der Waals surface area contributed by atoms with E-state index in [-0.39, 0.29) is 5.69 Å². The zero-order valence-electron chi connectivity index (χ0n) is 11.9. The maximum absolute atomic E-state index is 10.7. The Morgan fingerprint density at radius 2 is 2.20 bits per heavy atom. The van der Waals surface area contributed by atoms with Crippen molar-refractivity contribution in [2.75, 3.05) is 31.1 Å². The van der Waals surface area contributed by atoms with E-state index < -0.39 is 4.92 Å². The Balaban J connectivity index is 2.04. The highest BCUT2D eigenvalue weighted by Gasteiger charge is 2.18. The van der Waals surface area contributed by atoms with Crippen LogP contribution < -0.4 is 10.2 Å². The van der Waals surface area contributed by atoms with Gasteiger partial charge in [-0.15, -0.1) is 0 Å². The number of anilines is 1. The topological polar surface area (TPSA) is 71.3 Å². The molecule has 1 aliphatic rings. The van der Waals surface area contributed by atoms with Crippen LogP contribution in [0.1, 0.15) is 26.2 Å². The molecule has 0 spiro atoms. The summed E-state index contributed by atoms with van der Waals surface area (Å²) in [5.74, 6) is 1.52. The number of rotatable bonds is 6. The summed E-state index contributed by atoms with van der Waals surface area (Å²) >= 11 is 0. The molecule has 1 fully saturated rings. The molecule has 6 nitrogen and oxygen atoms in total. The number of nitro groups is 1. The molecule has 1 N–H and O–H groups in total. The Labute approximate surface area is 119 Å². The van der Waals surface area contributed by atoms with Crippen LogP contribution in [0.4, 0.5) is 11.5 Å². The summed E-state index contributed by atoms with van der Waals surface area (Å²) in [6.45, 7) is 6.23. The smallest absolute Gasteiger partial charge is 0.287 e. The molecule has 0 radical (unpaired) electrons. The molecule has 1 saturated heterocycles. The Hall–Kier alpha value is -1.69. The zero-order valence-corrected chi connectivity index (χ0v) is 11.9. The van der Waals surface area contributed by atoms with Crippen molar-refractivity contribution < 1.29 is 4.92 Å². The molecule has 20 heavy (non-hydrogen) atoms. The van der Waals surface area contributed by atoms with E-state index in [1.165, 1.54) is 25.1 Å². The van der Waals surface area contributed by atoms with Crippen molar-refractivity contribution in [1.29, 1.82) is 0 Å². The van der Waals surface area contributed by atoms with Crippen molar-refractivity contribution in [2.24, 2.45) is 5.92 Å². The van der Waals surface area contributed by atoms with E-state index in [4.69, 9.17) is 0 Å². The van der Waals surface area contributed by atoms with E-state index in [1.807, 2.05) is 0 Å². The molecule has 1 aromatic rings. The van der Waals surface area contributed by atoms with Gasteiger partial charge in [-0.1, -0.05) is 6.92 Å². The summed E-state index contributed by atoms with van der Waals surface area (Å²) in [5, 5.41) is 14.0. The molecule has 1 aromatic heterocycles. The van der Waals surface area contributed by atoms with Crippen LogP contribution in [-0.4, -0.2) is 36.1 Å². The molecule has 0 saturated carbocycles. The number of pyridine rings is 1. The summed E-state index contributed by atoms with van der Waals surface area (Å²) in [5.41, 5.74) is 0.0482. The highest BCUT2D eigenvalue weighted by Crippen LogP contribution is 2.20. The molecule has 2 rings (SSSR count). The fraction of sp³-hybridized carbons (Fsp3) is 0.643. The molecule has 1 aliphatic heterocycles. The third-order valence-corrected chi connectivity index (χ3v) is 3.70. The van der Waals surface area contributed by atoms with Crippen LogP contribution in [0.5, 0.6) is 0 Å². The van der Waals surface area contributed by atoms with E-state index in [9.17, 15) is 10.1 Å². The monoisotopic (exact) mass is 278 g/mol. The van der Waals surface area contributed by atoms with Crippen molar-refractivity contribution >= 4 is 11.5 Å². The third kappa shape index (κ3) is 3.90. The van der Waals surface area contributed by atoms with Gasteiger partial charge in [-0.3, -0.25) is 10.1 Å². The predicted molar refractivity (Wildman–Crippen MR) is 79.0 cm³/mol. The lowest BCUT2D eigenvalue weighted by molar-refractivity contribution is -0.385. The molecule has 0 unspecified atom stereocenters. The van der Waals surface area contributed by atoms with E-state index in [2.05, 4.69) is 22.1 Å². The van der Waals surface area contributed by atoms with E-state index >= 15 is 0 Å². The van der Waals surface area contributed by atoms with Crippen LogP contribution in [0, 0.1) is 16.0 Å². The van der Waals surface area contributed by atoms with Crippen molar-refractivity contribution in [2.45, 2.75) is 26.2 Å². The predicted octanol–water partition coefficient (Wildman–Crippen LogP) is 2.21. The summed E-state index contributed by atoms with van der Waals surface area (Å²) in [6, 6.07) is 3.29. The minimum Gasteiger partial charge on any atom is -0.356 e. The van der Waals surface area contributed by atoms with Crippen molar-refractivity contribution in [3.8, 4) is 0 Å². The third-order valence-electron chi connectivity index (χ3n) is 3.70. The molecular weight excluding hydrogens is 256 g/mol. The van der Waals surface area contributed by atoms with Crippen LogP contribution >= 0.6 is 0 Å². The van der Waals surface area contributed by atoms with Crippen LogP contribution in [-0.2, 0) is 0 Å². The Bertz CT molecular complexity index is 429. The first-order chi connectivity index (χ1) is 9.70. The standard InChI is InChI=1S/C14H22N4O2/c1-2-9-17(11-12-5-7-15-8-6-12)14-4-3-13(10-16-14)18(19)20/h3-4,10,12,15H,2,5-9,11H2,1H3. The normalized spacial score (nSPS) is 16.1. The minimum atomic E-state index is -0.409. The van der Waals surface area contributed by atoms with Crippen LogP contribution in [0.2, 0.25) is 0 Å². The lowest BCUT2D eigenvalue weighted by Gasteiger charge is -2.30. The molecule has 0 aromatic carbocycles. The maximum atomic E-state index is 10.7.